The van der Waals surface area contributed by atoms with Crippen LogP contribution in [0.5, 0.6) is 0 Å². The third kappa shape index (κ3) is 8.31. The summed E-state index contributed by atoms with van der Waals surface area (Å²) in [5.74, 6) is 0. The van der Waals surface area contributed by atoms with Crippen LogP contribution in [0.3, 0.4) is 0 Å². The standard InChI is InChI=1S/C13H31NOSi/c1-6-9-12-15-16(4,5)13-10-11-14(7-2)8-3/h6-13H2,1-5H3. The van der Waals surface area contributed by atoms with Crippen LogP contribution >= 0.6 is 0 Å². The summed E-state index contributed by atoms with van der Waals surface area (Å²) in [4.78, 5) is 2.50. The van der Waals surface area contributed by atoms with Gasteiger partial charge in [-0.2, -0.15) is 0 Å². The van der Waals surface area contributed by atoms with E-state index < -0.39 is 8.32 Å². The average molecular weight is 245 g/mol. The van der Waals surface area contributed by atoms with Crippen molar-refractivity contribution in [2.75, 3.05) is 26.2 Å². The molecule has 3 heteroatoms. The molecule has 0 saturated heterocycles. The first-order valence-electron chi connectivity index (χ1n) is 6.92. The highest BCUT2D eigenvalue weighted by Gasteiger charge is 2.21. The summed E-state index contributed by atoms with van der Waals surface area (Å²) in [5.41, 5.74) is 0. The van der Waals surface area contributed by atoms with Crippen molar-refractivity contribution in [1.82, 2.24) is 4.90 Å². The molecule has 0 unspecified atom stereocenters. The number of hydrogen-bond acceptors (Lipinski definition) is 2. The summed E-state index contributed by atoms with van der Waals surface area (Å²) in [5, 5.41) is 0. The van der Waals surface area contributed by atoms with Crippen LogP contribution in [0.15, 0.2) is 0 Å². The minimum atomic E-state index is -1.36. The van der Waals surface area contributed by atoms with Gasteiger partial charge in [-0.1, -0.05) is 27.2 Å². The predicted octanol–water partition coefficient (Wildman–Crippen LogP) is 3.74. The van der Waals surface area contributed by atoms with Gasteiger partial charge < -0.3 is 9.33 Å². The van der Waals surface area contributed by atoms with E-state index in [0.717, 1.165) is 6.61 Å². The summed E-state index contributed by atoms with van der Waals surface area (Å²) >= 11 is 0. The number of hydrogen-bond donors (Lipinski definition) is 0. The quantitative estimate of drug-likeness (QED) is 0.429. The van der Waals surface area contributed by atoms with Gasteiger partial charge in [0.2, 0.25) is 0 Å². The molecule has 0 atom stereocenters. The maximum Gasteiger partial charge on any atom is 0.186 e. The largest absolute Gasteiger partial charge is 0.417 e. The fraction of sp³-hybridized carbons (Fsp3) is 1.00. The minimum absolute atomic E-state index is 0.973. The Morgan fingerprint density at radius 2 is 1.62 bits per heavy atom. The van der Waals surface area contributed by atoms with Crippen LogP contribution in [-0.4, -0.2) is 39.5 Å². The molecule has 16 heavy (non-hydrogen) atoms. The second-order valence-corrected chi connectivity index (χ2v) is 9.40. The van der Waals surface area contributed by atoms with Gasteiger partial charge in [-0.25, -0.2) is 0 Å². The van der Waals surface area contributed by atoms with Gasteiger partial charge in [0.05, 0.1) is 0 Å². The van der Waals surface area contributed by atoms with E-state index in [-0.39, 0.29) is 0 Å². The molecule has 0 radical (unpaired) electrons. The van der Waals surface area contributed by atoms with Crippen molar-refractivity contribution >= 4 is 8.32 Å². The highest BCUT2D eigenvalue weighted by atomic mass is 28.4. The lowest BCUT2D eigenvalue weighted by atomic mass is 10.4. The maximum absolute atomic E-state index is 6.04. The first-order chi connectivity index (χ1) is 7.55. The summed E-state index contributed by atoms with van der Waals surface area (Å²) in [6.07, 6.45) is 3.75. The molecule has 0 fully saturated rings. The van der Waals surface area contributed by atoms with E-state index in [0.29, 0.717) is 0 Å². The molecule has 0 spiro atoms. The Kier molecular flexibility index (Phi) is 9.28. The summed E-state index contributed by atoms with van der Waals surface area (Å²) in [6, 6.07) is 1.30. The fourth-order valence-corrected chi connectivity index (χ4v) is 3.68. The van der Waals surface area contributed by atoms with Crippen LogP contribution in [0, 0.1) is 0 Å². The second kappa shape index (κ2) is 9.20. The van der Waals surface area contributed by atoms with Crippen LogP contribution in [0.2, 0.25) is 19.1 Å². The van der Waals surface area contributed by atoms with Crippen molar-refractivity contribution in [3.63, 3.8) is 0 Å². The minimum Gasteiger partial charge on any atom is -0.417 e. The zero-order valence-corrected chi connectivity index (χ0v) is 13.0. The molecule has 0 N–H and O–H groups in total. The van der Waals surface area contributed by atoms with Crippen molar-refractivity contribution in [3.05, 3.63) is 0 Å². The molecule has 0 amide bonds. The zero-order chi connectivity index (χ0) is 12.4. The average Bonchev–Trinajstić information content (AvgIpc) is 2.24. The van der Waals surface area contributed by atoms with Gasteiger partial charge in [-0.15, -0.1) is 0 Å². The summed E-state index contributed by atoms with van der Waals surface area (Å²) < 4.78 is 6.04. The molecule has 0 aliphatic carbocycles. The van der Waals surface area contributed by atoms with Crippen LogP contribution in [0.4, 0.5) is 0 Å². The molecular formula is C13H31NOSi. The molecule has 0 aromatic carbocycles. The Morgan fingerprint density at radius 1 is 1.00 bits per heavy atom. The predicted molar refractivity (Wildman–Crippen MR) is 75.6 cm³/mol. The maximum atomic E-state index is 6.04. The molecule has 98 valence electrons. The second-order valence-electron chi connectivity index (χ2n) is 5.09. The van der Waals surface area contributed by atoms with E-state index in [9.17, 15) is 0 Å². The van der Waals surface area contributed by atoms with Crippen molar-refractivity contribution < 1.29 is 4.43 Å². The highest BCUT2D eigenvalue weighted by molar-refractivity contribution is 6.71. The molecule has 0 bridgehead atoms. The number of nitrogens with zero attached hydrogens (tertiary/aromatic N) is 1. The molecule has 0 aromatic heterocycles. The molecular weight excluding hydrogens is 214 g/mol. The van der Waals surface area contributed by atoms with Crippen molar-refractivity contribution in [1.29, 1.82) is 0 Å². The molecule has 0 aliphatic heterocycles. The fourth-order valence-electron chi connectivity index (χ4n) is 1.83. The van der Waals surface area contributed by atoms with Gasteiger partial charge in [0.1, 0.15) is 0 Å². The molecule has 0 saturated carbocycles. The highest BCUT2D eigenvalue weighted by Crippen LogP contribution is 2.14. The number of unbranched alkanes of at least 4 members (excludes halogenated alkanes) is 1. The topological polar surface area (TPSA) is 12.5 Å². The summed E-state index contributed by atoms with van der Waals surface area (Å²) in [6.45, 7) is 16.0. The molecule has 0 rings (SSSR count). The normalized spacial score (nSPS) is 12.4. The van der Waals surface area contributed by atoms with Gasteiger partial charge in [0.15, 0.2) is 8.32 Å². The molecule has 0 aliphatic rings. The van der Waals surface area contributed by atoms with Crippen LogP contribution in [0.25, 0.3) is 0 Å². The summed E-state index contributed by atoms with van der Waals surface area (Å²) in [7, 11) is -1.36. The lowest BCUT2D eigenvalue weighted by Crippen LogP contribution is -2.32. The van der Waals surface area contributed by atoms with Crippen molar-refractivity contribution in [2.24, 2.45) is 0 Å². The molecule has 0 aromatic rings. The monoisotopic (exact) mass is 245 g/mol. The van der Waals surface area contributed by atoms with Crippen LogP contribution in [-0.2, 0) is 4.43 Å². The van der Waals surface area contributed by atoms with E-state index in [1.165, 1.54) is 44.9 Å². The Bertz CT molecular complexity index is 158. The Morgan fingerprint density at radius 3 is 2.12 bits per heavy atom. The Hall–Kier alpha value is 0.137. The van der Waals surface area contributed by atoms with E-state index >= 15 is 0 Å². The SMILES string of the molecule is CCCCO[Si](C)(C)CCCN(CC)CC. The van der Waals surface area contributed by atoms with E-state index in [2.05, 4.69) is 38.8 Å². The van der Waals surface area contributed by atoms with Gasteiger partial charge >= 0.3 is 0 Å². The van der Waals surface area contributed by atoms with E-state index in [1.54, 1.807) is 0 Å². The molecule has 2 nitrogen and oxygen atoms in total. The van der Waals surface area contributed by atoms with Crippen LogP contribution < -0.4 is 0 Å². The van der Waals surface area contributed by atoms with Gasteiger partial charge in [0, 0.05) is 6.61 Å². The zero-order valence-electron chi connectivity index (χ0n) is 12.0. The van der Waals surface area contributed by atoms with Gasteiger partial charge in [-0.05, 0) is 51.6 Å². The van der Waals surface area contributed by atoms with E-state index in [4.69, 9.17) is 4.43 Å². The Balaban J connectivity index is 3.63. The van der Waals surface area contributed by atoms with Crippen molar-refractivity contribution in [2.45, 2.75) is 59.2 Å². The molecule has 0 heterocycles. The first kappa shape index (κ1) is 16.1. The smallest absolute Gasteiger partial charge is 0.186 e. The number of rotatable bonds is 10. The van der Waals surface area contributed by atoms with E-state index in [1.807, 2.05) is 0 Å². The Labute approximate surface area is 103 Å². The third-order valence-electron chi connectivity index (χ3n) is 3.14. The lowest BCUT2D eigenvalue weighted by molar-refractivity contribution is 0.284. The third-order valence-corrected chi connectivity index (χ3v) is 5.68. The van der Waals surface area contributed by atoms with Crippen LogP contribution in [0.1, 0.15) is 40.0 Å². The van der Waals surface area contributed by atoms with Crippen molar-refractivity contribution in [3.8, 4) is 0 Å². The first-order valence-corrected chi connectivity index (χ1v) is 10.0. The van der Waals surface area contributed by atoms with Gasteiger partial charge in [-0.3, -0.25) is 0 Å². The van der Waals surface area contributed by atoms with Gasteiger partial charge in [0.25, 0.3) is 0 Å². The lowest BCUT2D eigenvalue weighted by Gasteiger charge is -2.25.